The van der Waals surface area contributed by atoms with Crippen molar-refractivity contribution in [3.05, 3.63) is 0 Å². The number of hydrogen-bond acceptors (Lipinski definition) is 2. The van der Waals surface area contributed by atoms with Crippen LogP contribution in [0.1, 0.15) is 46.5 Å². The Morgan fingerprint density at radius 2 is 1.87 bits per heavy atom. The van der Waals surface area contributed by atoms with Gasteiger partial charge in [0, 0.05) is 20.1 Å². The Kier molecular flexibility index (Phi) is 7.39. The largest absolute Gasteiger partial charge is 0.347 e. The molecule has 0 radical (unpaired) electrons. The second-order valence-electron chi connectivity index (χ2n) is 4.52. The average molecular weight is 214 g/mol. The van der Waals surface area contributed by atoms with E-state index in [9.17, 15) is 4.79 Å². The lowest BCUT2D eigenvalue weighted by Crippen LogP contribution is -2.45. The Labute approximate surface area is 94.2 Å². The zero-order valence-electron chi connectivity index (χ0n) is 10.8. The number of nitrogens with one attached hydrogen (secondary N) is 1. The fourth-order valence-corrected chi connectivity index (χ4v) is 1.67. The van der Waals surface area contributed by atoms with E-state index in [0.29, 0.717) is 6.04 Å². The van der Waals surface area contributed by atoms with Crippen LogP contribution in [0.3, 0.4) is 0 Å². The first-order chi connectivity index (χ1) is 6.99. The highest BCUT2D eigenvalue weighted by molar-refractivity contribution is 5.80. The molecule has 0 fully saturated rings. The van der Waals surface area contributed by atoms with Crippen molar-refractivity contribution < 1.29 is 4.79 Å². The van der Waals surface area contributed by atoms with Gasteiger partial charge in [0.15, 0.2) is 0 Å². The van der Waals surface area contributed by atoms with Gasteiger partial charge in [-0.3, -0.25) is 4.79 Å². The SMILES string of the molecule is CCCCCC(C)N[C@H](C)C(=O)N(C)C. The first kappa shape index (κ1) is 14.4. The van der Waals surface area contributed by atoms with Crippen molar-refractivity contribution in [2.24, 2.45) is 0 Å². The summed E-state index contributed by atoms with van der Waals surface area (Å²) in [5.74, 6) is 0.150. The lowest BCUT2D eigenvalue weighted by atomic mass is 10.1. The van der Waals surface area contributed by atoms with E-state index in [1.54, 1.807) is 19.0 Å². The van der Waals surface area contributed by atoms with Crippen LogP contribution in [0.15, 0.2) is 0 Å². The fraction of sp³-hybridized carbons (Fsp3) is 0.917. The minimum absolute atomic E-state index is 0.0726. The van der Waals surface area contributed by atoms with Crippen LogP contribution in [-0.2, 0) is 4.79 Å². The molecule has 90 valence electrons. The van der Waals surface area contributed by atoms with Gasteiger partial charge >= 0.3 is 0 Å². The molecule has 0 saturated heterocycles. The molecule has 0 saturated carbocycles. The maximum Gasteiger partial charge on any atom is 0.238 e. The van der Waals surface area contributed by atoms with Gasteiger partial charge in [0.1, 0.15) is 0 Å². The predicted molar refractivity (Wildman–Crippen MR) is 64.9 cm³/mol. The van der Waals surface area contributed by atoms with Crippen LogP contribution in [0.4, 0.5) is 0 Å². The van der Waals surface area contributed by atoms with Crippen LogP contribution in [-0.4, -0.2) is 37.0 Å². The zero-order valence-corrected chi connectivity index (χ0v) is 10.8. The van der Waals surface area contributed by atoms with Gasteiger partial charge in [-0.15, -0.1) is 0 Å². The van der Waals surface area contributed by atoms with Crippen LogP contribution < -0.4 is 5.32 Å². The van der Waals surface area contributed by atoms with Gasteiger partial charge < -0.3 is 10.2 Å². The van der Waals surface area contributed by atoms with Crippen molar-refractivity contribution in [3.8, 4) is 0 Å². The van der Waals surface area contributed by atoms with Crippen LogP contribution >= 0.6 is 0 Å². The first-order valence-corrected chi connectivity index (χ1v) is 5.96. The molecule has 1 amide bonds. The van der Waals surface area contributed by atoms with Gasteiger partial charge in [-0.25, -0.2) is 0 Å². The average Bonchev–Trinajstić information content (AvgIpc) is 2.16. The third kappa shape index (κ3) is 6.50. The Bertz CT molecular complexity index is 180. The molecule has 0 aromatic heterocycles. The normalized spacial score (nSPS) is 14.7. The number of rotatable bonds is 7. The van der Waals surface area contributed by atoms with E-state index in [1.807, 2.05) is 6.92 Å². The number of unbranched alkanes of at least 4 members (excludes halogenated alkanes) is 2. The summed E-state index contributed by atoms with van der Waals surface area (Å²) in [5.41, 5.74) is 0. The molecule has 0 aliphatic carbocycles. The van der Waals surface area contributed by atoms with E-state index >= 15 is 0 Å². The Balaban J connectivity index is 3.75. The van der Waals surface area contributed by atoms with Crippen LogP contribution in [0, 0.1) is 0 Å². The standard InChI is InChI=1S/C12H26N2O/c1-6-7-8-9-10(2)13-11(3)12(15)14(4)5/h10-11,13H,6-9H2,1-5H3/t10?,11-/m1/s1. The Morgan fingerprint density at radius 3 is 2.33 bits per heavy atom. The zero-order chi connectivity index (χ0) is 11.8. The molecule has 0 bridgehead atoms. The third-order valence-electron chi connectivity index (χ3n) is 2.59. The molecule has 2 atom stereocenters. The monoisotopic (exact) mass is 214 g/mol. The number of carbonyl (C=O) groups is 1. The molecule has 0 aliphatic rings. The van der Waals surface area contributed by atoms with Gasteiger partial charge in [0.05, 0.1) is 6.04 Å². The number of hydrogen-bond donors (Lipinski definition) is 1. The highest BCUT2D eigenvalue weighted by atomic mass is 16.2. The van der Waals surface area contributed by atoms with E-state index < -0.39 is 0 Å². The molecule has 0 aromatic rings. The molecule has 0 heterocycles. The van der Waals surface area contributed by atoms with Gasteiger partial charge in [-0.1, -0.05) is 26.2 Å². The second kappa shape index (κ2) is 7.69. The minimum Gasteiger partial charge on any atom is -0.347 e. The molecular weight excluding hydrogens is 188 g/mol. The van der Waals surface area contributed by atoms with Crippen LogP contribution in [0.5, 0.6) is 0 Å². The highest BCUT2D eigenvalue weighted by Gasteiger charge is 2.16. The van der Waals surface area contributed by atoms with Crippen molar-refractivity contribution in [1.29, 1.82) is 0 Å². The topological polar surface area (TPSA) is 32.3 Å². The summed E-state index contributed by atoms with van der Waals surface area (Å²) in [7, 11) is 3.59. The molecule has 3 nitrogen and oxygen atoms in total. The van der Waals surface area contributed by atoms with Gasteiger partial charge in [-0.2, -0.15) is 0 Å². The van der Waals surface area contributed by atoms with Crippen molar-refractivity contribution in [3.63, 3.8) is 0 Å². The van der Waals surface area contributed by atoms with Crippen molar-refractivity contribution in [2.75, 3.05) is 14.1 Å². The summed E-state index contributed by atoms with van der Waals surface area (Å²) in [6.07, 6.45) is 4.92. The molecule has 3 heteroatoms. The second-order valence-corrected chi connectivity index (χ2v) is 4.52. The highest BCUT2D eigenvalue weighted by Crippen LogP contribution is 2.04. The quantitative estimate of drug-likeness (QED) is 0.658. The summed E-state index contributed by atoms with van der Waals surface area (Å²) in [5, 5.41) is 3.33. The maximum absolute atomic E-state index is 11.6. The molecule has 0 aliphatic heterocycles. The van der Waals surface area contributed by atoms with Crippen LogP contribution in [0.2, 0.25) is 0 Å². The first-order valence-electron chi connectivity index (χ1n) is 5.96. The number of nitrogens with zero attached hydrogens (tertiary/aromatic N) is 1. The Hall–Kier alpha value is -0.570. The molecule has 1 N–H and O–H groups in total. The van der Waals surface area contributed by atoms with Crippen LogP contribution in [0.25, 0.3) is 0 Å². The molecule has 1 unspecified atom stereocenters. The summed E-state index contributed by atoms with van der Waals surface area (Å²) >= 11 is 0. The number of amides is 1. The van der Waals surface area contributed by atoms with Crippen molar-refractivity contribution >= 4 is 5.91 Å². The van der Waals surface area contributed by atoms with E-state index in [4.69, 9.17) is 0 Å². The van der Waals surface area contributed by atoms with E-state index in [1.165, 1.54) is 19.3 Å². The summed E-state index contributed by atoms with van der Waals surface area (Å²) in [4.78, 5) is 13.2. The number of likely N-dealkylation sites (N-methyl/N-ethyl adjacent to an activating group) is 1. The van der Waals surface area contributed by atoms with Crippen molar-refractivity contribution in [1.82, 2.24) is 10.2 Å². The minimum atomic E-state index is -0.0726. The fourth-order valence-electron chi connectivity index (χ4n) is 1.67. The molecule has 0 aromatic carbocycles. The van der Waals surface area contributed by atoms with Gasteiger partial charge in [0.2, 0.25) is 5.91 Å². The maximum atomic E-state index is 11.6. The Morgan fingerprint density at radius 1 is 1.27 bits per heavy atom. The summed E-state index contributed by atoms with van der Waals surface area (Å²) in [6, 6.07) is 0.354. The molecule has 0 rings (SSSR count). The number of carbonyl (C=O) groups excluding carboxylic acids is 1. The van der Waals surface area contributed by atoms with E-state index in [-0.39, 0.29) is 11.9 Å². The summed E-state index contributed by atoms with van der Waals surface area (Å²) in [6.45, 7) is 6.28. The van der Waals surface area contributed by atoms with Crippen molar-refractivity contribution in [2.45, 2.75) is 58.5 Å². The van der Waals surface area contributed by atoms with Gasteiger partial charge in [-0.05, 0) is 20.3 Å². The summed E-state index contributed by atoms with van der Waals surface area (Å²) < 4.78 is 0. The third-order valence-corrected chi connectivity index (χ3v) is 2.59. The molecule has 0 spiro atoms. The molecule has 15 heavy (non-hydrogen) atoms. The predicted octanol–water partition coefficient (Wildman–Crippen LogP) is 2.02. The lowest BCUT2D eigenvalue weighted by molar-refractivity contribution is -0.130. The molecular formula is C12H26N2O. The van der Waals surface area contributed by atoms with E-state index in [2.05, 4.69) is 19.2 Å². The lowest BCUT2D eigenvalue weighted by Gasteiger charge is -2.22. The van der Waals surface area contributed by atoms with Gasteiger partial charge in [0.25, 0.3) is 0 Å². The smallest absolute Gasteiger partial charge is 0.238 e. The van der Waals surface area contributed by atoms with E-state index in [0.717, 1.165) is 6.42 Å².